The molecule has 1 atom stereocenters. The Labute approximate surface area is 94.5 Å². The van der Waals surface area contributed by atoms with Gasteiger partial charge in [-0.3, -0.25) is 0 Å². The van der Waals surface area contributed by atoms with E-state index in [2.05, 4.69) is 5.32 Å². The number of phenolic OH excluding ortho intramolecular Hbond substituents is 1. The first-order valence-corrected chi connectivity index (χ1v) is 5.12. The lowest BCUT2D eigenvalue weighted by atomic mass is 10.1. The van der Waals surface area contributed by atoms with Gasteiger partial charge in [-0.15, -0.1) is 0 Å². The molecule has 16 heavy (non-hydrogen) atoms. The first-order chi connectivity index (χ1) is 7.77. The average molecular weight is 214 g/mol. The fourth-order valence-electron chi connectivity index (χ4n) is 1.54. The van der Waals surface area contributed by atoms with E-state index in [9.17, 15) is 5.11 Å². The summed E-state index contributed by atoms with van der Waals surface area (Å²) in [7, 11) is 0. The summed E-state index contributed by atoms with van der Waals surface area (Å²) >= 11 is 0. The van der Waals surface area contributed by atoms with Gasteiger partial charge < -0.3 is 16.2 Å². The van der Waals surface area contributed by atoms with Crippen molar-refractivity contribution in [1.82, 2.24) is 0 Å². The standard InChI is InChI=1S/C13H14N2O/c14-13(11-8-4-5-9-12(11)16)15-10-6-2-1-3-7-10/h1-9,13,15-16H,14H2. The summed E-state index contributed by atoms with van der Waals surface area (Å²) in [6.07, 6.45) is -0.413. The topological polar surface area (TPSA) is 58.3 Å². The van der Waals surface area contributed by atoms with Crippen LogP contribution < -0.4 is 11.1 Å². The highest BCUT2D eigenvalue weighted by atomic mass is 16.3. The second-order valence-electron chi connectivity index (χ2n) is 3.55. The van der Waals surface area contributed by atoms with Gasteiger partial charge in [0.1, 0.15) is 11.9 Å². The Hall–Kier alpha value is -2.00. The maximum absolute atomic E-state index is 9.64. The van der Waals surface area contributed by atoms with Crippen LogP contribution in [-0.4, -0.2) is 5.11 Å². The molecule has 0 amide bonds. The molecule has 3 nitrogen and oxygen atoms in total. The monoisotopic (exact) mass is 214 g/mol. The van der Waals surface area contributed by atoms with Crippen LogP contribution in [0, 0.1) is 0 Å². The number of rotatable bonds is 3. The molecular weight excluding hydrogens is 200 g/mol. The van der Waals surface area contributed by atoms with Crippen molar-refractivity contribution in [1.29, 1.82) is 0 Å². The van der Waals surface area contributed by atoms with Crippen LogP contribution in [0.5, 0.6) is 5.75 Å². The molecule has 0 bridgehead atoms. The van der Waals surface area contributed by atoms with Crippen molar-refractivity contribution in [2.75, 3.05) is 5.32 Å². The van der Waals surface area contributed by atoms with Crippen molar-refractivity contribution in [3.63, 3.8) is 0 Å². The normalized spacial score (nSPS) is 12.1. The van der Waals surface area contributed by atoms with Crippen molar-refractivity contribution < 1.29 is 5.11 Å². The van der Waals surface area contributed by atoms with Crippen LogP contribution in [0.4, 0.5) is 5.69 Å². The SMILES string of the molecule is NC(Nc1ccccc1)c1ccccc1O. The smallest absolute Gasteiger partial charge is 0.122 e. The molecule has 1 unspecified atom stereocenters. The molecule has 0 saturated heterocycles. The van der Waals surface area contributed by atoms with Gasteiger partial charge in [-0.1, -0.05) is 36.4 Å². The Morgan fingerprint density at radius 2 is 1.56 bits per heavy atom. The van der Waals surface area contributed by atoms with Gasteiger partial charge >= 0.3 is 0 Å². The Morgan fingerprint density at radius 3 is 2.25 bits per heavy atom. The predicted molar refractivity (Wildman–Crippen MR) is 65.1 cm³/mol. The van der Waals surface area contributed by atoms with Crippen LogP contribution in [0.2, 0.25) is 0 Å². The molecule has 0 fully saturated rings. The molecule has 0 aliphatic carbocycles. The highest BCUT2D eigenvalue weighted by molar-refractivity contribution is 5.46. The molecule has 82 valence electrons. The number of hydrogen-bond donors (Lipinski definition) is 3. The first kappa shape index (κ1) is 10.5. The number of aromatic hydroxyl groups is 1. The van der Waals surface area contributed by atoms with E-state index in [1.54, 1.807) is 18.2 Å². The molecular formula is C13H14N2O. The van der Waals surface area contributed by atoms with Crippen LogP contribution >= 0.6 is 0 Å². The van der Waals surface area contributed by atoms with Crippen LogP contribution in [0.3, 0.4) is 0 Å². The van der Waals surface area contributed by atoms with Gasteiger partial charge in [0.15, 0.2) is 0 Å². The number of hydrogen-bond acceptors (Lipinski definition) is 3. The number of phenols is 1. The Morgan fingerprint density at radius 1 is 0.938 bits per heavy atom. The van der Waals surface area contributed by atoms with Gasteiger partial charge in [0.2, 0.25) is 0 Å². The number of anilines is 1. The fourth-order valence-corrected chi connectivity index (χ4v) is 1.54. The lowest BCUT2D eigenvalue weighted by Gasteiger charge is -2.16. The molecule has 0 aliphatic heterocycles. The molecule has 2 aromatic rings. The van der Waals surface area contributed by atoms with Crippen molar-refractivity contribution in [3.05, 3.63) is 60.2 Å². The number of nitrogens with two attached hydrogens (primary N) is 1. The van der Waals surface area contributed by atoms with E-state index in [-0.39, 0.29) is 5.75 Å². The van der Waals surface area contributed by atoms with Crippen molar-refractivity contribution >= 4 is 5.69 Å². The lowest BCUT2D eigenvalue weighted by molar-refractivity contribution is 0.464. The van der Waals surface area contributed by atoms with Crippen LogP contribution in [0.1, 0.15) is 11.7 Å². The van der Waals surface area contributed by atoms with E-state index in [0.717, 1.165) is 5.69 Å². The third-order valence-electron chi connectivity index (χ3n) is 2.37. The molecule has 0 radical (unpaired) electrons. The largest absolute Gasteiger partial charge is 0.508 e. The summed E-state index contributed by atoms with van der Waals surface area (Å²) in [5.41, 5.74) is 7.57. The summed E-state index contributed by atoms with van der Waals surface area (Å²) < 4.78 is 0. The first-order valence-electron chi connectivity index (χ1n) is 5.12. The van der Waals surface area contributed by atoms with Crippen molar-refractivity contribution in [2.24, 2.45) is 5.73 Å². The quantitative estimate of drug-likeness (QED) is 0.688. The molecule has 2 aromatic carbocycles. The number of para-hydroxylation sites is 2. The van der Waals surface area contributed by atoms with Crippen molar-refractivity contribution in [2.45, 2.75) is 6.17 Å². The van der Waals surface area contributed by atoms with Gasteiger partial charge in [-0.05, 0) is 18.2 Å². The number of nitrogens with one attached hydrogen (secondary N) is 1. The molecule has 0 aliphatic rings. The third-order valence-corrected chi connectivity index (χ3v) is 2.37. The molecule has 2 rings (SSSR count). The van der Waals surface area contributed by atoms with E-state index in [1.165, 1.54) is 0 Å². The van der Waals surface area contributed by atoms with E-state index in [1.807, 2.05) is 36.4 Å². The minimum Gasteiger partial charge on any atom is -0.508 e. The predicted octanol–water partition coefficient (Wildman–Crippen LogP) is 2.46. The fraction of sp³-hybridized carbons (Fsp3) is 0.0769. The van der Waals surface area contributed by atoms with E-state index >= 15 is 0 Å². The zero-order valence-corrected chi connectivity index (χ0v) is 8.80. The molecule has 3 heteroatoms. The summed E-state index contributed by atoms with van der Waals surface area (Å²) in [4.78, 5) is 0. The highest BCUT2D eigenvalue weighted by Gasteiger charge is 2.09. The second kappa shape index (κ2) is 4.68. The van der Waals surface area contributed by atoms with Crippen LogP contribution in [-0.2, 0) is 0 Å². The van der Waals surface area contributed by atoms with Gasteiger partial charge in [-0.2, -0.15) is 0 Å². The summed E-state index contributed by atoms with van der Waals surface area (Å²) in [6.45, 7) is 0. The molecule has 0 aromatic heterocycles. The average Bonchev–Trinajstić information content (AvgIpc) is 2.31. The second-order valence-corrected chi connectivity index (χ2v) is 3.55. The summed E-state index contributed by atoms with van der Waals surface area (Å²) in [6, 6.07) is 16.7. The Bertz CT molecular complexity index is 456. The molecule has 0 spiro atoms. The van der Waals surface area contributed by atoms with E-state index in [4.69, 9.17) is 5.73 Å². The minimum atomic E-state index is -0.413. The zero-order chi connectivity index (χ0) is 11.4. The van der Waals surface area contributed by atoms with Gasteiger partial charge in [0, 0.05) is 11.3 Å². The van der Waals surface area contributed by atoms with E-state index < -0.39 is 6.17 Å². The van der Waals surface area contributed by atoms with Gasteiger partial charge in [-0.25, -0.2) is 0 Å². The summed E-state index contributed by atoms with van der Waals surface area (Å²) in [5.74, 6) is 0.207. The highest BCUT2D eigenvalue weighted by Crippen LogP contribution is 2.23. The van der Waals surface area contributed by atoms with Crippen LogP contribution in [0.15, 0.2) is 54.6 Å². The van der Waals surface area contributed by atoms with Crippen LogP contribution in [0.25, 0.3) is 0 Å². The lowest BCUT2D eigenvalue weighted by Crippen LogP contribution is -2.19. The molecule has 4 N–H and O–H groups in total. The molecule has 0 saturated carbocycles. The third kappa shape index (κ3) is 2.32. The maximum Gasteiger partial charge on any atom is 0.122 e. The minimum absolute atomic E-state index is 0.207. The maximum atomic E-state index is 9.64. The number of benzene rings is 2. The van der Waals surface area contributed by atoms with Crippen molar-refractivity contribution in [3.8, 4) is 5.75 Å². The Kier molecular flexibility index (Phi) is 3.08. The van der Waals surface area contributed by atoms with Gasteiger partial charge in [0.05, 0.1) is 0 Å². The Balaban J connectivity index is 2.15. The zero-order valence-electron chi connectivity index (χ0n) is 8.80. The molecule has 0 heterocycles. The van der Waals surface area contributed by atoms with Gasteiger partial charge in [0.25, 0.3) is 0 Å². The summed E-state index contributed by atoms with van der Waals surface area (Å²) in [5, 5.41) is 12.8. The van der Waals surface area contributed by atoms with E-state index in [0.29, 0.717) is 5.56 Å².